The fourth-order valence-electron chi connectivity index (χ4n) is 2.29. The van der Waals surface area contributed by atoms with Crippen molar-refractivity contribution in [3.63, 3.8) is 0 Å². The number of nitrogens with two attached hydrogens (primary N) is 1. The van der Waals surface area contributed by atoms with Crippen LogP contribution in [0.5, 0.6) is 0 Å². The molecule has 0 atom stereocenters. The van der Waals surface area contributed by atoms with Crippen LogP contribution in [-0.2, 0) is 0 Å². The summed E-state index contributed by atoms with van der Waals surface area (Å²) in [6.07, 6.45) is 20.3. The van der Waals surface area contributed by atoms with Gasteiger partial charge in [-0.1, -0.05) is 106 Å². The van der Waals surface area contributed by atoms with E-state index in [-0.39, 0.29) is 57.5 Å². The second-order valence-corrected chi connectivity index (χ2v) is 6.08. The van der Waals surface area contributed by atoms with Gasteiger partial charge in [0, 0.05) is 5.33 Å². The minimum Gasteiger partial charge on any atom is -0.693 e. The van der Waals surface area contributed by atoms with E-state index in [4.69, 9.17) is 0 Å². The predicted octanol–water partition coefficient (Wildman–Crippen LogP) is 4.58. The molecule has 0 rings (SSSR count). The summed E-state index contributed by atoms with van der Waals surface area (Å²) in [6, 6.07) is 0. The van der Waals surface area contributed by atoms with Crippen molar-refractivity contribution >= 4 is 15.9 Å². The van der Waals surface area contributed by atoms with Crippen LogP contribution in [0.2, 0.25) is 0 Å². The van der Waals surface area contributed by atoms with Crippen LogP contribution in [-0.4, -0.2) is 5.33 Å². The molecule has 0 aromatic heterocycles. The molecule has 2 N–H and O–H groups in total. The molecule has 3 heteroatoms. The van der Waals surface area contributed by atoms with Crippen LogP contribution >= 0.6 is 15.9 Å². The van der Waals surface area contributed by atoms with Crippen molar-refractivity contribution in [3.05, 3.63) is 6.15 Å². The maximum atomic E-state index is 3.48. The number of hydrogen-bond donors (Lipinski definition) is 0. The minimum atomic E-state index is 0. The molecular formula is C16H35BrKN. The molecule has 0 heterocycles. The summed E-state index contributed by atoms with van der Waals surface area (Å²) in [5.41, 5.74) is 0. The van der Waals surface area contributed by atoms with Crippen molar-refractivity contribution in [2.45, 2.75) is 96.8 Å². The summed E-state index contributed by atoms with van der Waals surface area (Å²) in [7, 11) is 0. The predicted molar refractivity (Wildman–Crippen MR) is 89.4 cm³/mol. The number of rotatable bonds is 14. The number of unbranched alkanes of at least 4 members (excludes halogenated alkanes) is 13. The Morgan fingerprint density at radius 1 is 0.526 bits per heavy atom. The van der Waals surface area contributed by atoms with Gasteiger partial charge >= 0.3 is 51.4 Å². The molecule has 19 heavy (non-hydrogen) atoms. The Morgan fingerprint density at radius 2 is 0.789 bits per heavy atom. The zero-order valence-corrected chi connectivity index (χ0v) is 18.3. The van der Waals surface area contributed by atoms with Crippen molar-refractivity contribution < 1.29 is 51.4 Å². The molecular weight excluding hydrogens is 325 g/mol. The molecule has 112 valence electrons. The van der Waals surface area contributed by atoms with Gasteiger partial charge in [-0.25, -0.2) is 0 Å². The molecule has 0 saturated heterocycles. The number of halogens is 1. The van der Waals surface area contributed by atoms with Crippen LogP contribution in [0.3, 0.4) is 0 Å². The standard InChI is InChI=1S/C16H33Br.K.H2N/c1-2-3-4-5-6-7-8-9-10-11-12-13-14-15-16-17;;/h2-16H2,1H3;;1H2/q;+1;-1. The van der Waals surface area contributed by atoms with Gasteiger partial charge in [0.25, 0.3) is 0 Å². The number of hydrogen-bond acceptors (Lipinski definition) is 0. The fourth-order valence-corrected chi connectivity index (χ4v) is 2.69. The SMILES string of the molecule is CCCCCCCCCCCCCCCCBr.[K+].[NH2-]. The molecule has 0 aromatic rings. The number of alkyl halides is 1. The van der Waals surface area contributed by atoms with Gasteiger partial charge in [0.15, 0.2) is 0 Å². The molecule has 0 aliphatic carbocycles. The molecule has 0 amide bonds. The van der Waals surface area contributed by atoms with Gasteiger partial charge in [0.1, 0.15) is 0 Å². The van der Waals surface area contributed by atoms with Gasteiger partial charge in [-0.15, -0.1) is 0 Å². The van der Waals surface area contributed by atoms with Crippen molar-refractivity contribution in [2.75, 3.05) is 5.33 Å². The van der Waals surface area contributed by atoms with E-state index in [0.717, 1.165) is 0 Å². The molecule has 0 radical (unpaired) electrons. The minimum absolute atomic E-state index is 0. The third-order valence-electron chi connectivity index (χ3n) is 3.49. The van der Waals surface area contributed by atoms with E-state index in [9.17, 15) is 0 Å². The molecule has 0 aliphatic heterocycles. The molecule has 0 unspecified atom stereocenters. The Morgan fingerprint density at radius 3 is 1.05 bits per heavy atom. The fraction of sp³-hybridized carbons (Fsp3) is 1.00. The van der Waals surface area contributed by atoms with E-state index < -0.39 is 0 Å². The normalized spacial score (nSPS) is 9.79. The molecule has 0 spiro atoms. The van der Waals surface area contributed by atoms with Crippen LogP contribution in [0.4, 0.5) is 0 Å². The Balaban J connectivity index is -0.00000128. The van der Waals surface area contributed by atoms with Gasteiger partial charge < -0.3 is 6.15 Å². The summed E-state index contributed by atoms with van der Waals surface area (Å²) < 4.78 is 0. The Hall–Kier alpha value is 2.08. The van der Waals surface area contributed by atoms with Crippen LogP contribution in [0, 0.1) is 0 Å². The quantitative estimate of drug-likeness (QED) is 0.247. The summed E-state index contributed by atoms with van der Waals surface area (Å²) in [4.78, 5) is 0. The van der Waals surface area contributed by atoms with E-state index >= 15 is 0 Å². The summed E-state index contributed by atoms with van der Waals surface area (Å²) in [6.45, 7) is 2.29. The second-order valence-electron chi connectivity index (χ2n) is 5.29. The van der Waals surface area contributed by atoms with Crippen molar-refractivity contribution in [1.29, 1.82) is 0 Å². The molecule has 0 saturated carbocycles. The van der Waals surface area contributed by atoms with E-state index in [0.29, 0.717) is 0 Å². The summed E-state index contributed by atoms with van der Waals surface area (Å²) >= 11 is 3.48. The van der Waals surface area contributed by atoms with Crippen molar-refractivity contribution in [3.8, 4) is 0 Å². The molecule has 0 aromatic carbocycles. The van der Waals surface area contributed by atoms with Gasteiger partial charge in [-0.2, -0.15) is 0 Å². The molecule has 1 nitrogen and oxygen atoms in total. The molecule has 0 aliphatic rings. The van der Waals surface area contributed by atoms with Gasteiger partial charge in [0.05, 0.1) is 0 Å². The first-order valence-electron chi connectivity index (χ1n) is 7.97. The van der Waals surface area contributed by atoms with E-state index in [1.807, 2.05) is 0 Å². The third-order valence-corrected chi connectivity index (χ3v) is 4.05. The van der Waals surface area contributed by atoms with Crippen LogP contribution in [0.15, 0.2) is 0 Å². The summed E-state index contributed by atoms with van der Waals surface area (Å²) in [5.74, 6) is 0. The van der Waals surface area contributed by atoms with Crippen LogP contribution in [0.1, 0.15) is 96.8 Å². The molecule has 0 bridgehead atoms. The Bertz CT molecular complexity index is 120. The Kier molecular flexibility index (Phi) is 34.3. The maximum Gasteiger partial charge on any atom is 1.00 e. The maximum absolute atomic E-state index is 3.48. The summed E-state index contributed by atoms with van der Waals surface area (Å²) in [5, 5.41) is 1.19. The van der Waals surface area contributed by atoms with Crippen LogP contribution < -0.4 is 51.4 Å². The van der Waals surface area contributed by atoms with Gasteiger partial charge in [-0.3, -0.25) is 0 Å². The largest absolute Gasteiger partial charge is 1.00 e. The van der Waals surface area contributed by atoms with E-state index in [2.05, 4.69) is 22.9 Å². The zero-order valence-electron chi connectivity index (χ0n) is 13.6. The van der Waals surface area contributed by atoms with Gasteiger partial charge in [0.2, 0.25) is 0 Å². The Labute approximate surface area is 173 Å². The van der Waals surface area contributed by atoms with Crippen molar-refractivity contribution in [2.24, 2.45) is 0 Å². The average Bonchev–Trinajstić information content (AvgIpc) is 2.35. The van der Waals surface area contributed by atoms with Crippen LogP contribution in [0.25, 0.3) is 6.15 Å². The zero-order chi connectivity index (χ0) is 12.6. The topological polar surface area (TPSA) is 33.5 Å². The van der Waals surface area contributed by atoms with Gasteiger partial charge in [-0.05, 0) is 6.42 Å². The second kappa shape index (κ2) is 25.1. The first kappa shape index (κ1) is 26.0. The molecule has 0 fully saturated rings. The first-order chi connectivity index (χ1) is 8.41. The third kappa shape index (κ3) is 25.4. The van der Waals surface area contributed by atoms with Crippen molar-refractivity contribution in [1.82, 2.24) is 0 Å². The smallest absolute Gasteiger partial charge is 0.693 e. The van der Waals surface area contributed by atoms with E-state index in [1.54, 1.807) is 0 Å². The average molecular weight is 360 g/mol. The van der Waals surface area contributed by atoms with E-state index in [1.165, 1.54) is 95.2 Å². The first-order valence-corrected chi connectivity index (χ1v) is 9.10. The monoisotopic (exact) mass is 359 g/mol.